The lowest BCUT2D eigenvalue weighted by molar-refractivity contribution is 0.511. The maximum atomic E-state index is 11.0. The largest absolute Gasteiger partial charge is 0.457 e. The summed E-state index contributed by atoms with van der Waals surface area (Å²) in [5.74, 6) is 1.17. The van der Waals surface area contributed by atoms with Gasteiger partial charge in [-0.25, -0.2) is 4.21 Å². The summed E-state index contributed by atoms with van der Waals surface area (Å²) in [6.45, 7) is 5.71. The van der Waals surface area contributed by atoms with E-state index >= 15 is 0 Å². The Bertz CT molecular complexity index is 621. The molecule has 0 bridgehead atoms. The fourth-order valence-corrected chi connectivity index (χ4v) is 2.12. The van der Waals surface area contributed by atoms with Crippen molar-refractivity contribution in [3.05, 3.63) is 66.2 Å². The van der Waals surface area contributed by atoms with Crippen molar-refractivity contribution in [3.63, 3.8) is 0 Å². The summed E-state index contributed by atoms with van der Waals surface area (Å²) in [5.41, 5.74) is 1.69. The van der Waals surface area contributed by atoms with E-state index in [4.69, 9.17) is 9.29 Å². The van der Waals surface area contributed by atoms with Crippen LogP contribution >= 0.6 is 0 Å². The SMILES string of the molecule is C=C(Oc1ccc(S(=O)O)cc1C)c1ccccc1. The van der Waals surface area contributed by atoms with E-state index in [1.54, 1.807) is 18.2 Å². The highest BCUT2D eigenvalue weighted by molar-refractivity contribution is 7.79. The topological polar surface area (TPSA) is 46.5 Å². The molecule has 0 radical (unpaired) electrons. The lowest BCUT2D eigenvalue weighted by atomic mass is 10.2. The van der Waals surface area contributed by atoms with Crippen LogP contribution in [0.3, 0.4) is 0 Å². The van der Waals surface area contributed by atoms with E-state index in [9.17, 15) is 4.21 Å². The van der Waals surface area contributed by atoms with Gasteiger partial charge in [-0.2, -0.15) is 0 Å². The van der Waals surface area contributed by atoms with Crippen LogP contribution in [0, 0.1) is 6.92 Å². The summed E-state index contributed by atoms with van der Waals surface area (Å²) in [7, 11) is 0. The predicted molar refractivity (Wildman–Crippen MR) is 76.3 cm³/mol. The van der Waals surface area contributed by atoms with Crippen molar-refractivity contribution in [2.24, 2.45) is 0 Å². The van der Waals surface area contributed by atoms with Crippen LogP contribution in [0.4, 0.5) is 0 Å². The molecule has 19 heavy (non-hydrogen) atoms. The maximum absolute atomic E-state index is 11.0. The van der Waals surface area contributed by atoms with Crippen molar-refractivity contribution in [3.8, 4) is 5.75 Å². The first-order chi connectivity index (χ1) is 9.08. The van der Waals surface area contributed by atoms with Gasteiger partial charge in [0.15, 0.2) is 11.1 Å². The van der Waals surface area contributed by atoms with Gasteiger partial charge in [-0.3, -0.25) is 0 Å². The summed E-state index contributed by atoms with van der Waals surface area (Å²) in [6, 6.07) is 14.4. The minimum atomic E-state index is -1.97. The molecule has 98 valence electrons. The molecule has 4 heteroatoms. The number of benzene rings is 2. The molecule has 0 aliphatic heterocycles. The van der Waals surface area contributed by atoms with Crippen LogP contribution in [0.2, 0.25) is 0 Å². The lowest BCUT2D eigenvalue weighted by Crippen LogP contribution is -1.96. The second-order valence-electron chi connectivity index (χ2n) is 4.07. The molecular formula is C15H14O3S. The highest BCUT2D eigenvalue weighted by atomic mass is 32.2. The van der Waals surface area contributed by atoms with Crippen molar-refractivity contribution >= 4 is 16.8 Å². The molecule has 1 atom stereocenters. The maximum Gasteiger partial charge on any atom is 0.186 e. The van der Waals surface area contributed by atoms with Crippen molar-refractivity contribution in [1.82, 2.24) is 0 Å². The predicted octanol–water partition coefficient (Wildman–Crippen LogP) is 3.63. The Morgan fingerprint density at radius 3 is 2.47 bits per heavy atom. The van der Waals surface area contributed by atoms with E-state index in [0.717, 1.165) is 11.1 Å². The molecule has 0 saturated carbocycles. The van der Waals surface area contributed by atoms with Crippen LogP contribution in [-0.2, 0) is 11.1 Å². The smallest absolute Gasteiger partial charge is 0.186 e. The molecule has 0 heterocycles. The van der Waals surface area contributed by atoms with Crippen LogP contribution in [0.5, 0.6) is 5.75 Å². The van der Waals surface area contributed by atoms with E-state index in [0.29, 0.717) is 16.4 Å². The van der Waals surface area contributed by atoms with Gasteiger partial charge in [0.25, 0.3) is 0 Å². The van der Waals surface area contributed by atoms with Crippen LogP contribution in [-0.4, -0.2) is 8.76 Å². The summed E-state index contributed by atoms with van der Waals surface area (Å²) in [6.07, 6.45) is 0. The average Bonchev–Trinajstić information content (AvgIpc) is 2.41. The Balaban J connectivity index is 2.20. The first kappa shape index (κ1) is 13.5. The molecule has 0 aliphatic rings. The normalized spacial score (nSPS) is 11.9. The summed E-state index contributed by atoms with van der Waals surface area (Å²) < 4.78 is 25.7. The number of aryl methyl sites for hydroxylation is 1. The molecule has 0 amide bonds. The number of ether oxygens (including phenoxy) is 1. The molecule has 0 aromatic heterocycles. The Hall–Kier alpha value is -1.91. The van der Waals surface area contributed by atoms with Gasteiger partial charge in [-0.05, 0) is 30.7 Å². The molecule has 2 rings (SSSR count). The molecule has 1 unspecified atom stereocenters. The number of rotatable bonds is 4. The Labute approximate surface area is 114 Å². The third kappa shape index (κ3) is 3.30. The summed E-state index contributed by atoms with van der Waals surface area (Å²) >= 11 is -1.97. The standard InChI is InChI=1S/C15H14O3S/c1-11-10-14(19(16)17)8-9-15(11)18-12(2)13-6-4-3-5-7-13/h3-10H,2H2,1H3,(H,16,17). The molecule has 2 aromatic rings. The van der Waals surface area contributed by atoms with Gasteiger partial charge in [0.2, 0.25) is 0 Å². The second-order valence-corrected chi connectivity index (χ2v) is 5.04. The first-order valence-electron chi connectivity index (χ1n) is 5.71. The average molecular weight is 274 g/mol. The fraction of sp³-hybridized carbons (Fsp3) is 0.0667. The Kier molecular flexibility index (Phi) is 4.14. The van der Waals surface area contributed by atoms with Gasteiger partial charge in [0.1, 0.15) is 11.5 Å². The zero-order valence-corrected chi connectivity index (χ0v) is 11.3. The van der Waals surface area contributed by atoms with Crippen LogP contribution in [0.15, 0.2) is 60.0 Å². The molecule has 0 fully saturated rings. The van der Waals surface area contributed by atoms with Crippen LogP contribution in [0.1, 0.15) is 11.1 Å². The summed E-state index contributed by atoms with van der Waals surface area (Å²) in [5, 5.41) is 0. The monoisotopic (exact) mass is 274 g/mol. The van der Waals surface area contributed by atoms with Gasteiger partial charge in [0.05, 0.1) is 4.90 Å². The van der Waals surface area contributed by atoms with Crippen molar-refractivity contribution in [2.75, 3.05) is 0 Å². The third-order valence-electron chi connectivity index (χ3n) is 2.68. The quantitative estimate of drug-likeness (QED) is 0.684. The molecule has 0 saturated heterocycles. The minimum Gasteiger partial charge on any atom is -0.457 e. The lowest BCUT2D eigenvalue weighted by Gasteiger charge is -2.11. The van der Waals surface area contributed by atoms with Gasteiger partial charge < -0.3 is 9.29 Å². The highest BCUT2D eigenvalue weighted by Gasteiger charge is 2.07. The first-order valence-corrected chi connectivity index (χ1v) is 6.82. The molecule has 1 N–H and O–H groups in total. The van der Waals surface area contributed by atoms with E-state index in [1.165, 1.54) is 0 Å². The molecule has 0 aliphatic carbocycles. The van der Waals surface area contributed by atoms with Gasteiger partial charge in [-0.15, -0.1) is 0 Å². The van der Waals surface area contributed by atoms with Gasteiger partial charge in [-0.1, -0.05) is 36.9 Å². The van der Waals surface area contributed by atoms with E-state index in [1.807, 2.05) is 37.3 Å². The molecular weight excluding hydrogens is 260 g/mol. The van der Waals surface area contributed by atoms with E-state index in [2.05, 4.69) is 6.58 Å². The minimum absolute atomic E-state index is 0.357. The van der Waals surface area contributed by atoms with Crippen LogP contribution in [0.25, 0.3) is 5.76 Å². The summed E-state index contributed by atoms with van der Waals surface area (Å²) in [4.78, 5) is 0.357. The van der Waals surface area contributed by atoms with Crippen molar-refractivity contribution in [1.29, 1.82) is 0 Å². The highest BCUT2D eigenvalue weighted by Crippen LogP contribution is 2.25. The van der Waals surface area contributed by atoms with E-state index < -0.39 is 11.1 Å². The molecule has 3 nitrogen and oxygen atoms in total. The van der Waals surface area contributed by atoms with Crippen LogP contribution < -0.4 is 4.74 Å². The Morgan fingerprint density at radius 2 is 1.89 bits per heavy atom. The molecule has 2 aromatic carbocycles. The molecule has 0 spiro atoms. The third-order valence-corrected chi connectivity index (χ3v) is 3.33. The number of hydrogen-bond donors (Lipinski definition) is 1. The Morgan fingerprint density at radius 1 is 1.21 bits per heavy atom. The van der Waals surface area contributed by atoms with E-state index in [-0.39, 0.29) is 0 Å². The fourth-order valence-electron chi connectivity index (χ4n) is 1.66. The zero-order chi connectivity index (χ0) is 13.8. The zero-order valence-electron chi connectivity index (χ0n) is 10.5. The van der Waals surface area contributed by atoms with Crippen molar-refractivity contribution < 1.29 is 13.5 Å². The van der Waals surface area contributed by atoms with Gasteiger partial charge in [0, 0.05) is 5.56 Å². The number of hydrogen-bond acceptors (Lipinski definition) is 2. The second kappa shape index (κ2) is 5.82. The van der Waals surface area contributed by atoms with Gasteiger partial charge >= 0.3 is 0 Å². The van der Waals surface area contributed by atoms with Crippen molar-refractivity contribution in [2.45, 2.75) is 11.8 Å².